The van der Waals surface area contributed by atoms with E-state index in [9.17, 15) is 4.79 Å². The van der Waals surface area contributed by atoms with Gasteiger partial charge in [-0.15, -0.1) is 0 Å². The van der Waals surface area contributed by atoms with Crippen LogP contribution in [0, 0.1) is 0 Å². The van der Waals surface area contributed by atoms with Crippen molar-refractivity contribution in [3.63, 3.8) is 0 Å². The first-order valence-electron chi connectivity index (χ1n) is 7.60. The number of benzene rings is 1. The summed E-state index contributed by atoms with van der Waals surface area (Å²) in [6, 6.07) is 8.19. The van der Waals surface area contributed by atoms with E-state index in [4.69, 9.17) is 0 Å². The highest BCUT2D eigenvalue weighted by atomic mass is 79.9. The average Bonchev–Trinajstić information content (AvgIpc) is 2.49. The third-order valence-electron chi connectivity index (χ3n) is 3.89. The minimum Gasteiger partial charge on any atom is -0.355 e. The molecule has 1 fully saturated rings. The maximum absolute atomic E-state index is 12.0. The van der Waals surface area contributed by atoms with Crippen LogP contribution in [0.25, 0.3) is 0 Å². The van der Waals surface area contributed by atoms with Crippen LogP contribution in [0.2, 0.25) is 0 Å². The van der Waals surface area contributed by atoms with Crippen molar-refractivity contribution in [2.45, 2.75) is 19.3 Å². The van der Waals surface area contributed by atoms with Crippen molar-refractivity contribution >= 4 is 21.8 Å². The van der Waals surface area contributed by atoms with Crippen LogP contribution < -0.4 is 10.6 Å². The Morgan fingerprint density at radius 1 is 1.33 bits per heavy atom. The molecule has 0 radical (unpaired) electrons. The lowest BCUT2D eigenvalue weighted by atomic mass is 9.98. The minimum atomic E-state index is 0.139. The van der Waals surface area contributed by atoms with E-state index in [1.54, 1.807) is 0 Å². The first-order chi connectivity index (χ1) is 10.1. The summed E-state index contributed by atoms with van der Waals surface area (Å²) in [5.41, 5.74) is 1.20. The highest BCUT2D eigenvalue weighted by Crippen LogP contribution is 2.21. The van der Waals surface area contributed by atoms with Gasteiger partial charge in [0.1, 0.15) is 0 Å². The van der Waals surface area contributed by atoms with Crippen LogP contribution in [-0.2, 0) is 4.79 Å². The third-order valence-corrected chi connectivity index (χ3v) is 4.42. The number of hydrogen-bond acceptors (Lipinski definition) is 3. The summed E-state index contributed by atoms with van der Waals surface area (Å²) in [7, 11) is 0. The molecule has 0 spiro atoms. The highest BCUT2D eigenvalue weighted by molar-refractivity contribution is 9.10. The van der Waals surface area contributed by atoms with Crippen LogP contribution >= 0.6 is 15.9 Å². The summed E-state index contributed by atoms with van der Waals surface area (Å²) in [4.78, 5) is 14.4. The lowest BCUT2D eigenvalue weighted by Crippen LogP contribution is -2.46. The number of amides is 1. The number of carbonyl (C=O) groups is 1. The zero-order valence-corrected chi connectivity index (χ0v) is 14.2. The average molecular weight is 354 g/mol. The maximum Gasteiger partial charge on any atom is 0.220 e. The van der Waals surface area contributed by atoms with Gasteiger partial charge in [-0.1, -0.05) is 35.0 Å². The predicted octanol–water partition coefficient (Wildman–Crippen LogP) is 1.96. The molecule has 1 saturated heterocycles. The van der Waals surface area contributed by atoms with E-state index in [1.165, 1.54) is 5.56 Å². The molecule has 1 amide bonds. The second kappa shape index (κ2) is 8.51. The summed E-state index contributed by atoms with van der Waals surface area (Å²) in [5, 5.41) is 6.36. The summed E-state index contributed by atoms with van der Waals surface area (Å²) >= 11 is 3.43. The van der Waals surface area contributed by atoms with Crippen molar-refractivity contribution in [3.8, 4) is 0 Å². The third kappa shape index (κ3) is 5.77. The quantitative estimate of drug-likeness (QED) is 0.821. The van der Waals surface area contributed by atoms with Crippen LogP contribution in [0.1, 0.15) is 24.8 Å². The van der Waals surface area contributed by atoms with Gasteiger partial charge < -0.3 is 10.6 Å². The van der Waals surface area contributed by atoms with Gasteiger partial charge in [-0.2, -0.15) is 0 Å². The first-order valence-corrected chi connectivity index (χ1v) is 8.39. The van der Waals surface area contributed by atoms with Crippen molar-refractivity contribution in [3.05, 3.63) is 34.3 Å². The molecule has 1 aromatic rings. The van der Waals surface area contributed by atoms with E-state index < -0.39 is 0 Å². The smallest absolute Gasteiger partial charge is 0.220 e. The Bertz CT molecular complexity index is 443. The standard InChI is InChI=1S/C16H24BrN3O/c1-13(14-2-4-15(17)5-3-14)12-16(21)19-8-11-20-9-6-18-7-10-20/h2-5,13,18H,6-12H2,1H3,(H,19,21). The normalized spacial score (nSPS) is 17.4. The van der Waals surface area contributed by atoms with Crippen molar-refractivity contribution in [2.24, 2.45) is 0 Å². The Balaban J connectivity index is 1.67. The summed E-state index contributed by atoms with van der Waals surface area (Å²) in [5.74, 6) is 0.387. The number of hydrogen-bond donors (Lipinski definition) is 2. The SMILES string of the molecule is CC(CC(=O)NCCN1CCNCC1)c1ccc(Br)cc1. The molecular weight excluding hydrogens is 330 g/mol. The van der Waals surface area contributed by atoms with Gasteiger partial charge >= 0.3 is 0 Å². The molecule has 1 atom stereocenters. The molecule has 2 rings (SSSR count). The van der Waals surface area contributed by atoms with Gasteiger partial charge in [0.25, 0.3) is 0 Å². The number of carbonyl (C=O) groups excluding carboxylic acids is 1. The van der Waals surface area contributed by atoms with Crippen molar-refractivity contribution < 1.29 is 4.79 Å². The molecule has 1 aliphatic heterocycles. The van der Waals surface area contributed by atoms with Crippen LogP contribution in [0.3, 0.4) is 0 Å². The van der Waals surface area contributed by atoms with Crippen molar-refractivity contribution in [1.29, 1.82) is 0 Å². The van der Waals surface area contributed by atoms with Crippen LogP contribution in [0.15, 0.2) is 28.7 Å². The fourth-order valence-electron chi connectivity index (χ4n) is 2.55. The zero-order valence-electron chi connectivity index (χ0n) is 12.6. The van der Waals surface area contributed by atoms with E-state index in [1.807, 2.05) is 12.1 Å². The second-order valence-corrected chi connectivity index (χ2v) is 6.51. The molecular formula is C16H24BrN3O. The van der Waals surface area contributed by atoms with E-state index >= 15 is 0 Å². The van der Waals surface area contributed by atoms with Gasteiger partial charge in [-0.05, 0) is 23.6 Å². The Morgan fingerprint density at radius 2 is 2.00 bits per heavy atom. The minimum absolute atomic E-state index is 0.139. The topological polar surface area (TPSA) is 44.4 Å². The Labute approximate surface area is 135 Å². The second-order valence-electron chi connectivity index (χ2n) is 5.60. The lowest BCUT2D eigenvalue weighted by molar-refractivity contribution is -0.121. The lowest BCUT2D eigenvalue weighted by Gasteiger charge is -2.27. The fraction of sp³-hybridized carbons (Fsp3) is 0.562. The van der Waals surface area contributed by atoms with Gasteiger partial charge in [0.15, 0.2) is 0 Å². The Kier molecular flexibility index (Phi) is 6.67. The molecule has 1 aromatic carbocycles. The molecule has 0 bridgehead atoms. The summed E-state index contributed by atoms with van der Waals surface area (Å²) in [6.45, 7) is 8.03. The molecule has 0 aliphatic carbocycles. The predicted molar refractivity (Wildman–Crippen MR) is 89.5 cm³/mol. The fourth-order valence-corrected chi connectivity index (χ4v) is 2.81. The van der Waals surface area contributed by atoms with Gasteiger partial charge in [0, 0.05) is 50.2 Å². The largest absolute Gasteiger partial charge is 0.355 e. The van der Waals surface area contributed by atoms with Crippen molar-refractivity contribution in [1.82, 2.24) is 15.5 Å². The molecule has 1 aliphatic rings. The molecule has 21 heavy (non-hydrogen) atoms. The van der Waals surface area contributed by atoms with Crippen LogP contribution in [-0.4, -0.2) is 50.1 Å². The van der Waals surface area contributed by atoms with E-state index in [0.717, 1.165) is 43.7 Å². The monoisotopic (exact) mass is 353 g/mol. The number of nitrogens with one attached hydrogen (secondary N) is 2. The molecule has 1 heterocycles. The van der Waals surface area contributed by atoms with Gasteiger partial charge in [-0.25, -0.2) is 0 Å². The molecule has 0 aromatic heterocycles. The number of nitrogens with zero attached hydrogens (tertiary/aromatic N) is 1. The van der Waals surface area contributed by atoms with E-state index in [-0.39, 0.29) is 11.8 Å². The van der Waals surface area contributed by atoms with Crippen LogP contribution in [0.4, 0.5) is 0 Å². The molecule has 5 heteroatoms. The number of halogens is 1. The summed E-state index contributed by atoms with van der Waals surface area (Å²) < 4.78 is 1.07. The van der Waals surface area contributed by atoms with Gasteiger partial charge in [0.05, 0.1) is 0 Å². The molecule has 2 N–H and O–H groups in total. The molecule has 4 nitrogen and oxygen atoms in total. The summed E-state index contributed by atoms with van der Waals surface area (Å²) in [6.07, 6.45) is 0.545. The number of rotatable bonds is 6. The van der Waals surface area contributed by atoms with Crippen molar-refractivity contribution in [2.75, 3.05) is 39.3 Å². The molecule has 116 valence electrons. The maximum atomic E-state index is 12.0. The zero-order chi connectivity index (χ0) is 15.1. The molecule has 1 unspecified atom stereocenters. The first kappa shape index (κ1) is 16.5. The van der Waals surface area contributed by atoms with Gasteiger partial charge in [0.2, 0.25) is 5.91 Å². The van der Waals surface area contributed by atoms with Crippen LogP contribution in [0.5, 0.6) is 0 Å². The molecule has 0 saturated carbocycles. The highest BCUT2D eigenvalue weighted by Gasteiger charge is 2.12. The Hall–Kier alpha value is -0.910. The van der Waals surface area contributed by atoms with E-state index in [2.05, 4.69) is 50.5 Å². The van der Waals surface area contributed by atoms with E-state index in [0.29, 0.717) is 6.42 Å². The van der Waals surface area contributed by atoms with Gasteiger partial charge in [-0.3, -0.25) is 9.69 Å². The Morgan fingerprint density at radius 3 is 2.67 bits per heavy atom. The number of piperazine rings is 1.